The molecule has 0 amide bonds. The molecule has 88 valence electrons. The number of nitrogens with two attached hydrogens (primary N) is 1. The Bertz CT molecular complexity index is 388. The topological polar surface area (TPSA) is 29.3 Å². The Hall–Kier alpha value is -0.730. The molecule has 3 heteroatoms. The van der Waals surface area contributed by atoms with Crippen molar-refractivity contribution < 1.29 is 0 Å². The fourth-order valence-corrected chi connectivity index (χ4v) is 2.82. The minimum absolute atomic E-state index is 0.158. The summed E-state index contributed by atoms with van der Waals surface area (Å²) in [6.07, 6.45) is 0.963. The van der Waals surface area contributed by atoms with Crippen LogP contribution in [0.4, 0.5) is 5.69 Å². The number of hydrogen-bond donors (Lipinski definition) is 1. The molecular formula is C13H19ClN2. The Morgan fingerprint density at radius 1 is 1.38 bits per heavy atom. The van der Waals surface area contributed by atoms with Gasteiger partial charge in [-0.05, 0) is 44.9 Å². The Balaban J connectivity index is 2.45. The van der Waals surface area contributed by atoms with E-state index in [-0.39, 0.29) is 6.04 Å². The maximum atomic E-state index is 6.24. The molecule has 0 bridgehead atoms. The highest BCUT2D eigenvalue weighted by Gasteiger charge is 2.34. The Morgan fingerprint density at radius 3 is 2.62 bits per heavy atom. The first-order chi connectivity index (χ1) is 7.52. The molecule has 0 fully saturated rings. The van der Waals surface area contributed by atoms with E-state index < -0.39 is 0 Å². The van der Waals surface area contributed by atoms with Gasteiger partial charge in [0.2, 0.25) is 0 Å². The molecule has 16 heavy (non-hydrogen) atoms. The van der Waals surface area contributed by atoms with Crippen molar-refractivity contribution in [3.63, 3.8) is 0 Å². The van der Waals surface area contributed by atoms with E-state index in [1.54, 1.807) is 0 Å². The van der Waals surface area contributed by atoms with Crippen molar-refractivity contribution in [1.82, 2.24) is 0 Å². The molecule has 1 aromatic carbocycles. The van der Waals surface area contributed by atoms with Gasteiger partial charge in [-0.3, -0.25) is 0 Å². The van der Waals surface area contributed by atoms with Crippen LogP contribution in [0, 0.1) is 0 Å². The predicted octanol–water partition coefficient (Wildman–Crippen LogP) is 2.83. The number of anilines is 1. The lowest BCUT2D eigenvalue weighted by molar-refractivity contribution is 0.500. The molecule has 2 N–H and O–H groups in total. The van der Waals surface area contributed by atoms with Crippen molar-refractivity contribution in [1.29, 1.82) is 0 Å². The van der Waals surface area contributed by atoms with Gasteiger partial charge in [0.25, 0.3) is 0 Å². The van der Waals surface area contributed by atoms with Crippen molar-refractivity contribution in [2.45, 2.75) is 45.3 Å². The Labute approximate surface area is 102 Å². The first-order valence-electron chi connectivity index (χ1n) is 5.83. The summed E-state index contributed by atoms with van der Waals surface area (Å²) in [7, 11) is 0. The molecule has 1 aliphatic rings. The van der Waals surface area contributed by atoms with E-state index in [9.17, 15) is 0 Å². The molecule has 0 saturated heterocycles. The molecule has 0 saturated carbocycles. The molecule has 0 aliphatic carbocycles. The van der Waals surface area contributed by atoms with Crippen LogP contribution in [0.5, 0.6) is 0 Å². The van der Waals surface area contributed by atoms with E-state index in [4.69, 9.17) is 17.3 Å². The largest absolute Gasteiger partial charge is 0.364 e. The molecule has 2 rings (SSSR count). The van der Waals surface area contributed by atoms with Gasteiger partial charge in [-0.2, -0.15) is 0 Å². The molecule has 2 nitrogen and oxygen atoms in total. The zero-order chi connectivity index (χ0) is 11.9. The lowest BCUT2D eigenvalue weighted by atomic mass is 10.0. The second kappa shape index (κ2) is 4.27. The maximum absolute atomic E-state index is 6.24. The predicted molar refractivity (Wildman–Crippen MR) is 70.2 cm³/mol. The molecule has 1 heterocycles. The lowest BCUT2D eigenvalue weighted by Gasteiger charge is -2.33. The standard InChI is InChI=1S/C13H19ClN2/c1-8(2)16-12-6-4-5-11(14)10(12)7-13(16)9(3)15/h4-6,8-9,13H,7,15H2,1-3H3. The molecule has 0 radical (unpaired) electrons. The Kier molecular flexibility index (Phi) is 3.13. The third-order valence-electron chi connectivity index (χ3n) is 3.31. The van der Waals surface area contributed by atoms with E-state index in [1.807, 2.05) is 12.1 Å². The summed E-state index contributed by atoms with van der Waals surface area (Å²) in [6.45, 7) is 6.47. The minimum atomic E-state index is 0.158. The van der Waals surface area contributed by atoms with Crippen molar-refractivity contribution in [2.75, 3.05) is 4.90 Å². The van der Waals surface area contributed by atoms with Crippen LogP contribution in [0.1, 0.15) is 26.3 Å². The summed E-state index contributed by atoms with van der Waals surface area (Å²) in [6, 6.07) is 7.10. The second-order valence-electron chi connectivity index (χ2n) is 4.87. The van der Waals surface area contributed by atoms with Crippen molar-refractivity contribution >= 4 is 17.3 Å². The van der Waals surface area contributed by atoms with Crippen LogP contribution < -0.4 is 10.6 Å². The SMILES string of the molecule is CC(N)C1Cc2c(Cl)cccc2N1C(C)C. The summed E-state index contributed by atoms with van der Waals surface area (Å²) in [4.78, 5) is 2.39. The average molecular weight is 239 g/mol. The third kappa shape index (κ3) is 1.80. The third-order valence-corrected chi connectivity index (χ3v) is 3.66. The first-order valence-corrected chi connectivity index (χ1v) is 6.21. The van der Waals surface area contributed by atoms with Gasteiger partial charge in [-0.25, -0.2) is 0 Å². The van der Waals surface area contributed by atoms with Gasteiger partial charge in [0.1, 0.15) is 0 Å². The van der Waals surface area contributed by atoms with E-state index in [2.05, 4.69) is 31.7 Å². The number of rotatable bonds is 2. The van der Waals surface area contributed by atoms with Crippen LogP contribution in [0.25, 0.3) is 0 Å². The van der Waals surface area contributed by atoms with Crippen LogP contribution >= 0.6 is 11.6 Å². The summed E-state index contributed by atoms with van der Waals surface area (Å²) in [5.41, 5.74) is 8.58. The van der Waals surface area contributed by atoms with Crippen LogP contribution in [-0.2, 0) is 6.42 Å². The highest BCUT2D eigenvalue weighted by Crippen LogP contribution is 2.38. The molecule has 0 spiro atoms. The smallest absolute Gasteiger partial charge is 0.0482 e. The number of fused-ring (bicyclic) bond motifs is 1. The highest BCUT2D eigenvalue weighted by atomic mass is 35.5. The van der Waals surface area contributed by atoms with Gasteiger partial charge in [0.05, 0.1) is 0 Å². The van der Waals surface area contributed by atoms with Crippen molar-refractivity contribution in [3.8, 4) is 0 Å². The number of halogens is 1. The summed E-state index contributed by atoms with van der Waals surface area (Å²) >= 11 is 6.24. The van der Waals surface area contributed by atoms with Crippen LogP contribution in [0.3, 0.4) is 0 Å². The lowest BCUT2D eigenvalue weighted by Crippen LogP contribution is -2.47. The average Bonchev–Trinajstić information content (AvgIpc) is 2.58. The second-order valence-corrected chi connectivity index (χ2v) is 5.28. The van der Waals surface area contributed by atoms with Gasteiger partial charge in [-0.1, -0.05) is 17.7 Å². The number of nitrogens with zero attached hydrogens (tertiary/aromatic N) is 1. The van der Waals surface area contributed by atoms with E-state index in [0.717, 1.165) is 11.4 Å². The van der Waals surface area contributed by atoms with Crippen LogP contribution in [0.2, 0.25) is 5.02 Å². The number of benzene rings is 1. The quantitative estimate of drug-likeness (QED) is 0.859. The van der Waals surface area contributed by atoms with Gasteiger partial charge < -0.3 is 10.6 Å². The molecule has 1 aromatic rings. The van der Waals surface area contributed by atoms with E-state index >= 15 is 0 Å². The van der Waals surface area contributed by atoms with E-state index in [1.165, 1.54) is 11.3 Å². The fourth-order valence-electron chi connectivity index (χ4n) is 2.58. The molecule has 0 aromatic heterocycles. The van der Waals surface area contributed by atoms with Gasteiger partial charge in [0, 0.05) is 28.8 Å². The zero-order valence-corrected chi connectivity index (χ0v) is 10.8. The summed E-state index contributed by atoms with van der Waals surface area (Å²) in [5.74, 6) is 0. The number of hydrogen-bond acceptors (Lipinski definition) is 2. The maximum Gasteiger partial charge on any atom is 0.0482 e. The van der Waals surface area contributed by atoms with Crippen LogP contribution in [-0.4, -0.2) is 18.1 Å². The molecule has 2 unspecified atom stereocenters. The van der Waals surface area contributed by atoms with Gasteiger partial charge in [0.15, 0.2) is 0 Å². The molecular weight excluding hydrogens is 220 g/mol. The van der Waals surface area contributed by atoms with Gasteiger partial charge >= 0.3 is 0 Å². The molecule has 1 aliphatic heterocycles. The van der Waals surface area contributed by atoms with Crippen LogP contribution in [0.15, 0.2) is 18.2 Å². The van der Waals surface area contributed by atoms with Gasteiger partial charge in [-0.15, -0.1) is 0 Å². The summed E-state index contributed by atoms with van der Waals surface area (Å²) in [5, 5.41) is 0.867. The fraction of sp³-hybridized carbons (Fsp3) is 0.538. The van der Waals surface area contributed by atoms with Crippen molar-refractivity contribution in [2.24, 2.45) is 5.73 Å². The zero-order valence-electron chi connectivity index (χ0n) is 10.1. The van der Waals surface area contributed by atoms with E-state index in [0.29, 0.717) is 12.1 Å². The highest BCUT2D eigenvalue weighted by molar-refractivity contribution is 6.31. The first kappa shape index (κ1) is 11.7. The normalized spacial score (nSPS) is 21.4. The van der Waals surface area contributed by atoms with Crippen molar-refractivity contribution in [3.05, 3.63) is 28.8 Å². The summed E-state index contributed by atoms with van der Waals surface area (Å²) < 4.78 is 0. The Morgan fingerprint density at radius 2 is 2.06 bits per heavy atom. The molecule has 2 atom stereocenters. The monoisotopic (exact) mass is 238 g/mol. The minimum Gasteiger partial charge on any atom is -0.364 e.